The van der Waals surface area contributed by atoms with Crippen LogP contribution in [0.4, 0.5) is 0 Å². The zero-order chi connectivity index (χ0) is 45.5. The molecule has 8 N–H and O–H groups in total. The van der Waals surface area contributed by atoms with Crippen molar-refractivity contribution < 1.29 is 50.0 Å². The van der Waals surface area contributed by atoms with E-state index in [1.54, 1.807) is 0 Å². The predicted octanol–water partition coefficient (Wildman–Crippen LogP) is 9.84. The lowest BCUT2D eigenvalue weighted by Crippen LogP contribution is -2.60. The molecule has 0 bridgehead atoms. The van der Waals surface area contributed by atoms with Gasteiger partial charge in [0.2, 0.25) is 5.91 Å². The second-order valence-electron chi connectivity index (χ2n) is 19.0. The number of hydrogen-bond donors (Lipinski definition) is 8. The fraction of sp³-hybridized carbons (Fsp3) is 0.980. The normalized spacial score (nSPS) is 21.2. The van der Waals surface area contributed by atoms with Crippen LogP contribution in [0.1, 0.15) is 251 Å². The number of aliphatic hydroxyl groups is 7. The number of hydrogen-bond acceptors (Lipinski definition) is 10. The highest BCUT2D eigenvalue weighted by molar-refractivity contribution is 5.80. The molecule has 0 aliphatic carbocycles. The monoisotopic (exact) mass is 888 g/mol. The molecular weight excluding hydrogens is 787 g/mol. The van der Waals surface area contributed by atoms with Crippen LogP contribution in [-0.2, 0) is 14.3 Å². The highest BCUT2D eigenvalue weighted by atomic mass is 16.7. The van der Waals surface area contributed by atoms with Gasteiger partial charge >= 0.3 is 0 Å². The first-order valence-corrected chi connectivity index (χ1v) is 26.4. The fourth-order valence-corrected chi connectivity index (χ4v) is 8.80. The van der Waals surface area contributed by atoms with E-state index in [0.717, 1.165) is 38.5 Å². The van der Waals surface area contributed by atoms with Crippen LogP contribution in [-0.4, -0.2) is 110 Å². The Kier molecular flexibility index (Phi) is 39.6. The van der Waals surface area contributed by atoms with Gasteiger partial charge in [-0.15, -0.1) is 0 Å². The molecule has 62 heavy (non-hydrogen) atoms. The van der Waals surface area contributed by atoms with Gasteiger partial charge in [-0.05, 0) is 12.8 Å². The predicted molar refractivity (Wildman–Crippen MR) is 252 cm³/mol. The van der Waals surface area contributed by atoms with Gasteiger partial charge in [0.1, 0.15) is 36.6 Å². The minimum atomic E-state index is -1.66. The number of carbonyl (C=O) groups is 1. The summed E-state index contributed by atoms with van der Waals surface area (Å²) in [6.45, 7) is 3.42. The second-order valence-corrected chi connectivity index (χ2v) is 19.0. The van der Waals surface area contributed by atoms with Crippen molar-refractivity contribution in [2.45, 2.75) is 306 Å². The largest absolute Gasteiger partial charge is 0.394 e. The Morgan fingerprint density at radius 2 is 0.839 bits per heavy atom. The molecule has 0 aromatic carbocycles. The SMILES string of the molecule is CCCCCCCCCCCCCCCCCCCCCCCCCCCCCC(O)C(=O)NC(COC1OC(CO)C(O)C(O)C1O)C(O)C(O)CCCCCCCCCC. The van der Waals surface area contributed by atoms with Crippen LogP contribution in [0.25, 0.3) is 0 Å². The zero-order valence-electron chi connectivity index (χ0n) is 40.1. The third kappa shape index (κ3) is 30.3. The van der Waals surface area contributed by atoms with Crippen molar-refractivity contribution in [3.63, 3.8) is 0 Å². The van der Waals surface area contributed by atoms with Crippen molar-refractivity contribution in [1.29, 1.82) is 0 Å². The third-order valence-corrected chi connectivity index (χ3v) is 13.2. The molecule has 0 aromatic heterocycles. The van der Waals surface area contributed by atoms with E-state index in [0.29, 0.717) is 19.3 Å². The van der Waals surface area contributed by atoms with Crippen molar-refractivity contribution in [3.8, 4) is 0 Å². The van der Waals surface area contributed by atoms with Crippen LogP contribution < -0.4 is 5.32 Å². The number of rotatable bonds is 45. The van der Waals surface area contributed by atoms with Crippen LogP contribution in [0, 0.1) is 0 Å². The van der Waals surface area contributed by atoms with Crippen molar-refractivity contribution >= 4 is 5.91 Å². The molecule has 1 aliphatic rings. The van der Waals surface area contributed by atoms with E-state index < -0.39 is 74.2 Å². The molecule has 9 unspecified atom stereocenters. The van der Waals surface area contributed by atoms with Gasteiger partial charge in [-0.2, -0.15) is 0 Å². The van der Waals surface area contributed by atoms with Gasteiger partial charge in [-0.1, -0.05) is 239 Å². The number of aliphatic hydroxyl groups excluding tert-OH is 7. The quantitative estimate of drug-likeness (QED) is 0.0273. The summed E-state index contributed by atoms with van der Waals surface area (Å²) in [6.07, 6.45) is 33.4. The lowest BCUT2D eigenvalue weighted by molar-refractivity contribution is -0.303. The van der Waals surface area contributed by atoms with Crippen LogP contribution in [0.5, 0.6) is 0 Å². The van der Waals surface area contributed by atoms with E-state index >= 15 is 0 Å². The standard InChI is InChI=1S/C51H101NO10/c1-3-5-7-9-11-13-14-15-16-17-18-19-20-21-22-23-24-25-26-27-28-29-30-31-33-35-37-39-44(55)50(60)52-42(41-61-51-49(59)48(58)47(57)45(40-53)62-51)46(56)43(54)38-36-34-32-12-10-8-6-4-2/h42-49,51,53-59H,3-41H2,1-2H3,(H,52,60). The summed E-state index contributed by atoms with van der Waals surface area (Å²) in [7, 11) is 0. The van der Waals surface area contributed by atoms with Gasteiger partial charge < -0.3 is 50.5 Å². The van der Waals surface area contributed by atoms with Crippen LogP contribution in [0.3, 0.4) is 0 Å². The highest BCUT2D eigenvalue weighted by Crippen LogP contribution is 2.23. The van der Waals surface area contributed by atoms with Crippen molar-refractivity contribution in [2.75, 3.05) is 13.2 Å². The topological polar surface area (TPSA) is 189 Å². The number of amides is 1. The van der Waals surface area contributed by atoms with E-state index in [4.69, 9.17) is 9.47 Å². The number of ether oxygens (including phenoxy) is 2. The number of nitrogens with one attached hydrogen (secondary N) is 1. The van der Waals surface area contributed by atoms with E-state index in [-0.39, 0.29) is 6.42 Å². The Labute approximate surface area is 379 Å². The van der Waals surface area contributed by atoms with Gasteiger partial charge in [-0.3, -0.25) is 4.79 Å². The van der Waals surface area contributed by atoms with E-state index in [9.17, 15) is 40.5 Å². The maximum Gasteiger partial charge on any atom is 0.249 e. The molecule has 0 radical (unpaired) electrons. The maximum absolute atomic E-state index is 13.1. The minimum Gasteiger partial charge on any atom is -0.394 e. The zero-order valence-corrected chi connectivity index (χ0v) is 40.1. The molecule has 11 nitrogen and oxygen atoms in total. The van der Waals surface area contributed by atoms with Crippen LogP contribution >= 0.6 is 0 Å². The number of carbonyl (C=O) groups excluding carboxylic acids is 1. The Morgan fingerprint density at radius 1 is 0.500 bits per heavy atom. The van der Waals surface area contributed by atoms with E-state index in [1.807, 2.05) is 0 Å². The summed E-state index contributed by atoms with van der Waals surface area (Å²) in [5.41, 5.74) is 0. The van der Waals surface area contributed by atoms with Crippen molar-refractivity contribution in [2.24, 2.45) is 0 Å². The molecule has 0 saturated carbocycles. The Morgan fingerprint density at radius 3 is 1.19 bits per heavy atom. The third-order valence-electron chi connectivity index (χ3n) is 13.2. The Balaban J connectivity index is 2.20. The van der Waals surface area contributed by atoms with Crippen molar-refractivity contribution in [3.05, 3.63) is 0 Å². The minimum absolute atomic E-state index is 0.266. The Bertz CT molecular complexity index is 975. The lowest BCUT2D eigenvalue weighted by Gasteiger charge is -2.40. The highest BCUT2D eigenvalue weighted by Gasteiger charge is 2.44. The smallest absolute Gasteiger partial charge is 0.249 e. The average Bonchev–Trinajstić information content (AvgIpc) is 3.27. The molecule has 0 spiro atoms. The van der Waals surface area contributed by atoms with Crippen molar-refractivity contribution in [1.82, 2.24) is 5.32 Å². The van der Waals surface area contributed by atoms with Crippen LogP contribution in [0.15, 0.2) is 0 Å². The van der Waals surface area contributed by atoms with Gasteiger partial charge in [0.25, 0.3) is 0 Å². The Hall–Kier alpha value is -0.890. The molecule has 1 fully saturated rings. The summed E-state index contributed by atoms with van der Waals surface area (Å²) in [4.78, 5) is 13.1. The first kappa shape index (κ1) is 59.1. The molecule has 1 saturated heterocycles. The maximum atomic E-state index is 13.1. The molecule has 1 amide bonds. The summed E-state index contributed by atoms with van der Waals surface area (Å²) in [6, 6.07) is -1.16. The summed E-state index contributed by atoms with van der Waals surface area (Å²) in [5, 5.41) is 75.5. The summed E-state index contributed by atoms with van der Waals surface area (Å²) >= 11 is 0. The first-order valence-electron chi connectivity index (χ1n) is 26.4. The summed E-state index contributed by atoms with van der Waals surface area (Å²) < 4.78 is 11.1. The average molecular weight is 888 g/mol. The summed E-state index contributed by atoms with van der Waals surface area (Å²) in [5.74, 6) is -0.694. The molecule has 1 rings (SSSR count). The van der Waals surface area contributed by atoms with Crippen LogP contribution in [0.2, 0.25) is 0 Å². The molecule has 1 aliphatic heterocycles. The van der Waals surface area contributed by atoms with E-state index in [2.05, 4.69) is 19.2 Å². The molecule has 11 heteroatoms. The fourth-order valence-electron chi connectivity index (χ4n) is 8.80. The van der Waals surface area contributed by atoms with Gasteiger partial charge in [0.15, 0.2) is 6.29 Å². The molecule has 9 atom stereocenters. The number of unbranched alkanes of at least 4 members (excludes halogenated alkanes) is 33. The molecule has 370 valence electrons. The van der Waals surface area contributed by atoms with E-state index in [1.165, 1.54) is 173 Å². The molecule has 1 heterocycles. The van der Waals surface area contributed by atoms with Gasteiger partial charge in [-0.25, -0.2) is 0 Å². The van der Waals surface area contributed by atoms with Gasteiger partial charge in [0.05, 0.1) is 25.4 Å². The van der Waals surface area contributed by atoms with Gasteiger partial charge in [0, 0.05) is 0 Å². The molecular formula is C51H101NO10. The lowest BCUT2D eigenvalue weighted by atomic mass is 9.98. The second kappa shape index (κ2) is 41.5. The first-order chi connectivity index (χ1) is 30.2. The molecule has 0 aromatic rings.